The van der Waals surface area contributed by atoms with E-state index in [0.29, 0.717) is 6.42 Å². The first-order valence-electron chi connectivity index (χ1n) is 8.05. The van der Waals surface area contributed by atoms with Crippen LogP contribution in [0.15, 0.2) is 12.7 Å². The van der Waals surface area contributed by atoms with Crippen molar-refractivity contribution in [2.45, 2.75) is 90.1 Å². The average Bonchev–Trinajstić information content (AvgIpc) is 2.32. The molecule has 0 bridgehead atoms. The van der Waals surface area contributed by atoms with E-state index >= 15 is 0 Å². The summed E-state index contributed by atoms with van der Waals surface area (Å²) < 4.78 is 6.17. The standard InChI is InChI=1S/C18H34O2Si/c1-8-9-10-11-14-17(19)15-12-13-16(2)20-21(6,7)18(3,4)5/h8,16-17,19H,1,9-11,14-15H2,2-7H3. The molecule has 0 spiro atoms. The molecule has 0 aliphatic heterocycles. The summed E-state index contributed by atoms with van der Waals surface area (Å²) in [4.78, 5) is 0. The fourth-order valence-electron chi connectivity index (χ4n) is 1.74. The van der Waals surface area contributed by atoms with E-state index in [-0.39, 0.29) is 17.2 Å². The third kappa shape index (κ3) is 9.13. The summed E-state index contributed by atoms with van der Waals surface area (Å²) in [6.07, 6.45) is 6.06. The first-order valence-corrected chi connectivity index (χ1v) is 11.0. The Balaban J connectivity index is 4.12. The van der Waals surface area contributed by atoms with Crippen LogP contribution in [0.5, 0.6) is 0 Å². The van der Waals surface area contributed by atoms with Gasteiger partial charge in [0.15, 0.2) is 8.32 Å². The summed E-state index contributed by atoms with van der Waals surface area (Å²) in [6, 6.07) is 0. The van der Waals surface area contributed by atoms with Gasteiger partial charge in [-0.25, -0.2) is 0 Å². The molecule has 3 heteroatoms. The lowest BCUT2D eigenvalue weighted by molar-refractivity contribution is 0.166. The van der Waals surface area contributed by atoms with Crippen LogP contribution in [0, 0.1) is 11.8 Å². The lowest BCUT2D eigenvalue weighted by Gasteiger charge is -2.37. The van der Waals surface area contributed by atoms with Crippen LogP contribution in [0.1, 0.15) is 59.8 Å². The SMILES string of the molecule is C=CCCCCC(O)CC#CC(C)O[Si](C)(C)C(C)(C)C. The Labute approximate surface area is 133 Å². The van der Waals surface area contributed by atoms with Crippen molar-refractivity contribution in [3.63, 3.8) is 0 Å². The number of allylic oxidation sites excluding steroid dienone is 1. The number of rotatable bonds is 8. The summed E-state index contributed by atoms with van der Waals surface area (Å²) in [7, 11) is -1.75. The molecule has 0 saturated heterocycles. The van der Waals surface area contributed by atoms with Gasteiger partial charge in [0.25, 0.3) is 0 Å². The second kappa shape index (κ2) is 9.45. The van der Waals surface area contributed by atoms with E-state index in [1.54, 1.807) is 0 Å². The Morgan fingerprint density at radius 1 is 1.29 bits per heavy atom. The van der Waals surface area contributed by atoms with Gasteiger partial charge in [-0.05, 0) is 44.3 Å². The highest BCUT2D eigenvalue weighted by molar-refractivity contribution is 6.74. The quantitative estimate of drug-likeness (QED) is 0.299. The molecule has 21 heavy (non-hydrogen) atoms. The van der Waals surface area contributed by atoms with Gasteiger partial charge in [0.1, 0.15) is 6.10 Å². The van der Waals surface area contributed by atoms with Crippen LogP contribution in [0.2, 0.25) is 18.1 Å². The normalized spacial score (nSPS) is 15.0. The first-order chi connectivity index (χ1) is 9.60. The molecule has 0 radical (unpaired) electrons. The Morgan fingerprint density at radius 3 is 2.43 bits per heavy atom. The van der Waals surface area contributed by atoms with Crippen molar-refractivity contribution in [3.05, 3.63) is 12.7 Å². The van der Waals surface area contributed by atoms with Crippen molar-refractivity contribution >= 4 is 8.32 Å². The van der Waals surface area contributed by atoms with Crippen LogP contribution >= 0.6 is 0 Å². The predicted molar refractivity (Wildman–Crippen MR) is 94.8 cm³/mol. The molecule has 1 N–H and O–H groups in total. The van der Waals surface area contributed by atoms with Crippen LogP contribution in [0.25, 0.3) is 0 Å². The number of aliphatic hydroxyl groups is 1. The number of aliphatic hydroxyl groups excluding tert-OH is 1. The van der Waals surface area contributed by atoms with E-state index in [4.69, 9.17) is 4.43 Å². The molecule has 0 aromatic heterocycles. The molecule has 0 aromatic carbocycles. The highest BCUT2D eigenvalue weighted by Gasteiger charge is 2.38. The minimum absolute atomic E-state index is 0.0566. The summed E-state index contributed by atoms with van der Waals surface area (Å²) in [6.45, 7) is 16.9. The smallest absolute Gasteiger partial charge is 0.193 e. The van der Waals surface area contributed by atoms with Gasteiger partial charge >= 0.3 is 0 Å². The molecule has 2 atom stereocenters. The molecule has 0 aliphatic rings. The largest absolute Gasteiger partial charge is 0.404 e. The van der Waals surface area contributed by atoms with Gasteiger partial charge in [-0.15, -0.1) is 6.58 Å². The molecule has 0 fully saturated rings. The van der Waals surface area contributed by atoms with E-state index in [1.807, 2.05) is 13.0 Å². The lowest BCUT2D eigenvalue weighted by atomic mass is 10.1. The van der Waals surface area contributed by atoms with E-state index in [2.05, 4.69) is 52.3 Å². The molecule has 0 amide bonds. The Kier molecular flexibility index (Phi) is 9.20. The fraction of sp³-hybridized carbons (Fsp3) is 0.778. The third-order valence-electron chi connectivity index (χ3n) is 4.12. The minimum atomic E-state index is -1.75. The number of unbranched alkanes of at least 4 members (excludes halogenated alkanes) is 2. The summed E-state index contributed by atoms with van der Waals surface area (Å²) in [5, 5.41) is 10.1. The minimum Gasteiger partial charge on any atom is -0.404 e. The lowest BCUT2D eigenvalue weighted by Crippen LogP contribution is -2.43. The highest BCUT2D eigenvalue weighted by atomic mass is 28.4. The van der Waals surface area contributed by atoms with E-state index in [0.717, 1.165) is 25.7 Å². The van der Waals surface area contributed by atoms with Crippen LogP contribution < -0.4 is 0 Å². The van der Waals surface area contributed by atoms with Crippen LogP contribution in [0.3, 0.4) is 0 Å². The maximum Gasteiger partial charge on any atom is 0.193 e. The van der Waals surface area contributed by atoms with E-state index < -0.39 is 8.32 Å². The zero-order valence-corrected chi connectivity index (χ0v) is 15.8. The van der Waals surface area contributed by atoms with Gasteiger partial charge in [-0.2, -0.15) is 0 Å². The Hall–Kier alpha value is -0.563. The molecule has 0 rings (SSSR count). The van der Waals surface area contributed by atoms with Gasteiger partial charge in [0, 0.05) is 6.42 Å². The van der Waals surface area contributed by atoms with Gasteiger partial charge in [0.05, 0.1) is 6.10 Å². The van der Waals surface area contributed by atoms with Gasteiger partial charge in [0.2, 0.25) is 0 Å². The molecule has 2 unspecified atom stereocenters. The van der Waals surface area contributed by atoms with Crippen molar-refractivity contribution in [1.29, 1.82) is 0 Å². The topological polar surface area (TPSA) is 29.5 Å². The second-order valence-corrected chi connectivity index (χ2v) is 12.0. The van der Waals surface area contributed by atoms with Crippen molar-refractivity contribution in [3.8, 4) is 11.8 Å². The summed E-state index contributed by atoms with van der Waals surface area (Å²) in [5.41, 5.74) is 0. The summed E-state index contributed by atoms with van der Waals surface area (Å²) in [5.74, 6) is 6.21. The van der Waals surface area contributed by atoms with E-state index in [1.165, 1.54) is 0 Å². The van der Waals surface area contributed by atoms with Gasteiger partial charge in [-0.3, -0.25) is 0 Å². The maximum absolute atomic E-state index is 9.86. The molecular formula is C18H34O2Si. The van der Waals surface area contributed by atoms with Gasteiger partial charge < -0.3 is 9.53 Å². The molecule has 0 aromatic rings. The molecule has 122 valence electrons. The monoisotopic (exact) mass is 310 g/mol. The van der Waals surface area contributed by atoms with Crippen molar-refractivity contribution in [1.82, 2.24) is 0 Å². The van der Waals surface area contributed by atoms with Gasteiger partial charge in [-0.1, -0.05) is 45.1 Å². The molecule has 0 saturated carbocycles. The first kappa shape index (κ1) is 20.4. The molecule has 2 nitrogen and oxygen atoms in total. The van der Waals surface area contributed by atoms with Crippen molar-refractivity contribution in [2.75, 3.05) is 0 Å². The number of hydrogen-bond donors (Lipinski definition) is 1. The molecular weight excluding hydrogens is 276 g/mol. The van der Waals surface area contributed by atoms with Crippen molar-refractivity contribution in [2.24, 2.45) is 0 Å². The Morgan fingerprint density at radius 2 is 1.90 bits per heavy atom. The fourth-order valence-corrected chi connectivity index (χ4v) is 3.04. The third-order valence-corrected chi connectivity index (χ3v) is 8.67. The second-order valence-electron chi connectivity index (χ2n) is 7.27. The van der Waals surface area contributed by atoms with E-state index in [9.17, 15) is 5.11 Å². The molecule has 0 aliphatic carbocycles. The predicted octanol–water partition coefficient (Wildman–Crippen LogP) is 4.90. The average molecular weight is 311 g/mol. The zero-order chi connectivity index (χ0) is 16.5. The Bertz CT molecular complexity index is 358. The van der Waals surface area contributed by atoms with Crippen LogP contribution in [-0.2, 0) is 4.43 Å². The summed E-state index contributed by atoms with van der Waals surface area (Å²) >= 11 is 0. The van der Waals surface area contributed by atoms with Crippen LogP contribution in [0.4, 0.5) is 0 Å². The van der Waals surface area contributed by atoms with Crippen molar-refractivity contribution < 1.29 is 9.53 Å². The van der Waals surface area contributed by atoms with Crippen LogP contribution in [-0.4, -0.2) is 25.6 Å². The zero-order valence-electron chi connectivity index (χ0n) is 14.8. The number of hydrogen-bond acceptors (Lipinski definition) is 2. The highest BCUT2D eigenvalue weighted by Crippen LogP contribution is 2.37. The maximum atomic E-state index is 9.86. The molecule has 0 heterocycles.